The fourth-order valence-corrected chi connectivity index (χ4v) is 6.61. The van der Waals surface area contributed by atoms with Crippen molar-refractivity contribution in [2.24, 2.45) is 0 Å². The molecule has 0 bridgehead atoms. The molecule has 0 amide bonds. The van der Waals surface area contributed by atoms with Gasteiger partial charge >= 0.3 is 29.8 Å². The van der Waals surface area contributed by atoms with Crippen LogP contribution in [0.2, 0.25) is 0 Å². The van der Waals surface area contributed by atoms with E-state index in [0.29, 0.717) is 23.8 Å². The van der Waals surface area contributed by atoms with Crippen LogP contribution in [0, 0.1) is 7.14 Å². The number of benzene rings is 2. The van der Waals surface area contributed by atoms with Crippen molar-refractivity contribution in [1.82, 2.24) is 14.7 Å². The van der Waals surface area contributed by atoms with Gasteiger partial charge in [-0.15, -0.1) is 0 Å². The molecular formula is C27H31I2N3O12. The van der Waals surface area contributed by atoms with Crippen LogP contribution < -0.4 is 0 Å². The molecule has 0 aliphatic carbocycles. The van der Waals surface area contributed by atoms with E-state index in [1.807, 2.05) is 45.2 Å². The van der Waals surface area contributed by atoms with Crippen LogP contribution in [0.25, 0.3) is 11.1 Å². The third-order valence-electron chi connectivity index (χ3n) is 6.41. The second-order valence-electron chi connectivity index (χ2n) is 9.69. The molecule has 0 aliphatic heterocycles. The molecule has 2 aromatic rings. The highest BCUT2D eigenvalue weighted by atomic mass is 127. The molecule has 0 heterocycles. The van der Waals surface area contributed by atoms with Gasteiger partial charge in [-0.05, 0) is 80.9 Å². The lowest BCUT2D eigenvalue weighted by Gasteiger charge is -2.33. The summed E-state index contributed by atoms with van der Waals surface area (Å²) in [5.74, 6) is -6.53. The molecule has 2 aromatic carbocycles. The predicted octanol–water partition coefficient (Wildman–Crippen LogP) is 1.21. The Bertz CT molecular complexity index is 1300. The smallest absolute Gasteiger partial charge is 0.321 e. The summed E-state index contributed by atoms with van der Waals surface area (Å²) in [6.45, 7) is -3.24. The Morgan fingerprint density at radius 1 is 0.682 bits per heavy atom. The summed E-state index contributed by atoms with van der Waals surface area (Å²) in [5.41, 5.74) is 1.58. The van der Waals surface area contributed by atoms with Gasteiger partial charge in [0.25, 0.3) is 0 Å². The van der Waals surface area contributed by atoms with Gasteiger partial charge in [-0.1, -0.05) is 12.1 Å². The molecule has 0 saturated heterocycles. The van der Waals surface area contributed by atoms with Gasteiger partial charge in [-0.25, -0.2) is 0 Å². The second kappa shape index (κ2) is 17.3. The van der Waals surface area contributed by atoms with Gasteiger partial charge in [-0.3, -0.25) is 38.7 Å². The first-order valence-electron chi connectivity index (χ1n) is 12.9. The minimum atomic E-state index is -1.32. The van der Waals surface area contributed by atoms with Gasteiger partial charge in [0, 0.05) is 31.7 Å². The van der Waals surface area contributed by atoms with Crippen LogP contribution in [0.3, 0.4) is 0 Å². The minimum Gasteiger partial charge on any atom is -0.508 e. The zero-order valence-electron chi connectivity index (χ0n) is 23.1. The number of phenols is 2. The molecule has 0 fully saturated rings. The third-order valence-corrected chi connectivity index (χ3v) is 8.29. The van der Waals surface area contributed by atoms with E-state index in [0.717, 1.165) is 9.80 Å². The van der Waals surface area contributed by atoms with E-state index in [1.165, 1.54) is 17.0 Å². The highest BCUT2D eigenvalue weighted by molar-refractivity contribution is 14.1. The van der Waals surface area contributed by atoms with E-state index >= 15 is 0 Å². The number of carboxylic acids is 5. The molecule has 17 heteroatoms. The monoisotopic (exact) mass is 843 g/mol. The van der Waals surface area contributed by atoms with E-state index in [-0.39, 0.29) is 44.1 Å². The predicted molar refractivity (Wildman–Crippen MR) is 171 cm³/mol. The van der Waals surface area contributed by atoms with Crippen LogP contribution >= 0.6 is 45.2 Å². The normalized spacial score (nSPS) is 12.0. The van der Waals surface area contributed by atoms with Gasteiger partial charge in [0.1, 0.15) is 17.5 Å². The summed E-state index contributed by atoms with van der Waals surface area (Å²) >= 11 is 3.83. The van der Waals surface area contributed by atoms with Crippen LogP contribution in [0.4, 0.5) is 0 Å². The van der Waals surface area contributed by atoms with Crippen molar-refractivity contribution in [3.63, 3.8) is 0 Å². The molecule has 15 nitrogen and oxygen atoms in total. The molecule has 2 rings (SSSR count). The lowest BCUT2D eigenvalue weighted by Crippen LogP contribution is -2.50. The Morgan fingerprint density at radius 3 is 1.50 bits per heavy atom. The van der Waals surface area contributed by atoms with Crippen LogP contribution in [-0.2, 0) is 30.4 Å². The highest BCUT2D eigenvalue weighted by Gasteiger charge is 2.30. The fraction of sp³-hybridized carbons (Fsp3) is 0.370. The SMILES string of the molecule is O=C(O)CN(CCN(CCN(CC(=O)O)CC(=O)O)[C@@H](Cc1cc(I)c(O)c(I)c1-c1ccc(O)cc1)C(=O)O)CC(=O)O. The van der Waals surface area contributed by atoms with Gasteiger partial charge < -0.3 is 35.7 Å². The summed E-state index contributed by atoms with van der Waals surface area (Å²) in [6.07, 6.45) is -0.159. The third kappa shape index (κ3) is 11.7. The average Bonchev–Trinajstić information content (AvgIpc) is 2.90. The molecule has 0 spiro atoms. The number of hydrogen-bond acceptors (Lipinski definition) is 10. The van der Waals surface area contributed by atoms with Crippen molar-refractivity contribution < 1.29 is 59.7 Å². The van der Waals surface area contributed by atoms with E-state index < -0.39 is 62.1 Å². The van der Waals surface area contributed by atoms with Crippen LogP contribution in [0.1, 0.15) is 5.56 Å². The van der Waals surface area contributed by atoms with Crippen molar-refractivity contribution in [3.05, 3.63) is 43.0 Å². The molecule has 0 unspecified atom stereocenters. The Morgan fingerprint density at radius 2 is 1.11 bits per heavy atom. The maximum Gasteiger partial charge on any atom is 0.321 e. The Hall–Kier alpha value is -3.27. The average molecular weight is 843 g/mol. The second-order valence-corrected chi connectivity index (χ2v) is 11.9. The van der Waals surface area contributed by atoms with Crippen molar-refractivity contribution in [2.75, 3.05) is 52.4 Å². The summed E-state index contributed by atoms with van der Waals surface area (Å²) in [7, 11) is 0. The number of carboxylic acid groups (broad SMARTS) is 5. The molecule has 1 atom stereocenters. The number of hydrogen-bond donors (Lipinski definition) is 7. The van der Waals surface area contributed by atoms with Gasteiger partial charge in [0.15, 0.2) is 0 Å². The van der Waals surface area contributed by atoms with Crippen LogP contribution in [0.15, 0.2) is 30.3 Å². The molecule has 7 N–H and O–H groups in total. The Labute approximate surface area is 278 Å². The largest absolute Gasteiger partial charge is 0.508 e. The zero-order valence-corrected chi connectivity index (χ0v) is 27.4. The standard InChI is InChI=1S/C27H31I2N3O12/c28-18-9-16(24(25(29)26(18)42)15-1-3-17(33)4-2-15)10-19(27(43)44)32(7-5-30(11-20(34)35)12-21(36)37)8-6-31(13-22(38)39)14-23(40)41/h1-4,9,19,33,42H,5-8,10-14H2,(H,34,35)(H,36,37)(H,38,39)(H,40,41)(H,43,44)/t19-/m0/s1. The van der Waals surface area contributed by atoms with Crippen molar-refractivity contribution >= 4 is 75.0 Å². The first-order chi connectivity index (χ1) is 20.6. The molecule has 0 radical (unpaired) electrons. The number of halogens is 2. The van der Waals surface area contributed by atoms with Crippen molar-refractivity contribution in [3.8, 4) is 22.6 Å². The minimum absolute atomic E-state index is 0.00539. The number of nitrogens with zero attached hydrogens (tertiary/aromatic N) is 3. The molecular weight excluding hydrogens is 812 g/mol. The number of phenolic OH excluding ortho intramolecular Hbond substituents is 2. The van der Waals surface area contributed by atoms with E-state index in [4.69, 9.17) is 0 Å². The molecule has 44 heavy (non-hydrogen) atoms. The quantitative estimate of drug-likeness (QED) is 0.0985. The fourth-order valence-electron chi connectivity index (χ4n) is 4.50. The number of aliphatic carboxylic acids is 5. The number of carbonyl (C=O) groups is 5. The molecule has 0 aliphatic rings. The molecule has 0 saturated carbocycles. The van der Waals surface area contributed by atoms with Crippen molar-refractivity contribution in [2.45, 2.75) is 12.5 Å². The van der Waals surface area contributed by atoms with Crippen molar-refractivity contribution in [1.29, 1.82) is 0 Å². The Kier molecular flexibility index (Phi) is 14.5. The van der Waals surface area contributed by atoms with E-state index in [1.54, 1.807) is 18.2 Å². The number of rotatable bonds is 19. The first-order valence-corrected chi connectivity index (χ1v) is 15.0. The van der Waals surface area contributed by atoms with E-state index in [2.05, 4.69) is 0 Å². The van der Waals surface area contributed by atoms with Crippen LogP contribution in [-0.4, -0.2) is 139 Å². The first kappa shape index (κ1) is 36.9. The lowest BCUT2D eigenvalue weighted by molar-refractivity contribution is -0.146. The van der Waals surface area contributed by atoms with Gasteiger partial charge in [-0.2, -0.15) is 0 Å². The lowest BCUT2D eigenvalue weighted by atomic mass is 9.94. The van der Waals surface area contributed by atoms with Crippen LogP contribution in [0.5, 0.6) is 11.5 Å². The Balaban J connectivity index is 2.55. The zero-order chi connectivity index (χ0) is 33.1. The molecule has 240 valence electrons. The maximum absolute atomic E-state index is 12.7. The van der Waals surface area contributed by atoms with E-state index in [9.17, 15) is 59.7 Å². The highest BCUT2D eigenvalue weighted by Crippen LogP contribution is 2.39. The number of aromatic hydroxyl groups is 2. The summed E-state index contributed by atoms with van der Waals surface area (Å²) in [5, 5.41) is 67.7. The van der Waals surface area contributed by atoms with Gasteiger partial charge in [0.05, 0.1) is 33.3 Å². The maximum atomic E-state index is 12.7. The summed E-state index contributed by atoms with van der Waals surface area (Å²) < 4.78 is 0.859. The van der Waals surface area contributed by atoms with Gasteiger partial charge in [0.2, 0.25) is 0 Å². The summed E-state index contributed by atoms with van der Waals surface area (Å²) in [6, 6.07) is 6.35. The molecule has 0 aromatic heterocycles. The summed E-state index contributed by atoms with van der Waals surface area (Å²) in [4.78, 5) is 61.6. The topological polar surface area (TPSA) is 237 Å².